The van der Waals surface area contributed by atoms with Gasteiger partial charge < -0.3 is 4.90 Å². The van der Waals surface area contributed by atoms with Crippen molar-refractivity contribution >= 4 is 27.7 Å². The van der Waals surface area contributed by atoms with Gasteiger partial charge in [0.05, 0.1) is 0 Å². The molecule has 0 radical (unpaired) electrons. The lowest BCUT2D eigenvalue weighted by molar-refractivity contribution is 1.28. The number of rotatable bonds is 5. The molecule has 2 nitrogen and oxygen atoms in total. The first-order valence-electron chi connectivity index (χ1n) is 10.3. The monoisotopic (exact) mass is 418 g/mol. The van der Waals surface area contributed by atoms with Crippen LogP contribution in [0.15, 0.2) is 115 Å². The van der Waals surface area contributed by atoms with E-state index in [1.165, 1.54) is 5.56 Å². The molecule has 4 aromatic carbocycles. The molecule has 5 rings (SSSR count). The molecule has 0 fully saturated rings. The van der Waals surface area contributed by atoms with Crippen molar-refractivity contribution in [2.24, 2.45) is 0 Å². The quantitative estimate of drug-likeness (QED) is 0.285. The largest absolute Gasteiger partial charge is 0.300 e. The number of benzene rings is 4. The van der Waals surface area contributed by atoms with Gasteiger partial charge in [0.15, 0.2) is 0 Å². The van der Waals surface area contributed by atoms with Crippen molar-refractivity contribution in [3.05, 3.63) is 121 Å². The topological polar surface area (TPSA) is 16.1 Å². The first-order chi connectivity index (χ1) is 15.3. The third kappa shape index (κ3) is 4.00. The molecular formula is C28H22N2S. The van der Waals surface area contributed by atoms with Gasteiger partial charge in [-0.1, -0.05) is 108 Å². The van der Waals surface area contributed by atoms with E-state index in [0.717, 1.165) is 38.2 Å². The van der Waals surface area contributed by atoms with E-state index in [0.29, 0.717) is 0 Å². The van der Waals surface area contributed by atoms with Gasteiger partial charge in [0.1, 0.15) is 15.7 Å². The summed E-state index contributed by atoms with van der Waals surface area (Å²) >= 11 is 1.72. The van der Waals surface area contributed by atoms with Crippen molar-refractivity contribution < 1.29 is 0 Å². The Labute approximate surface area is 187 Å². The lowest BCUT2D eigenvalue weighted by Gasteiger charge is -2.24. The SMILES string of the molecule is Cc1ccc(N(c2ccccc2)c2sc(-c3ccccc3)nc2-c2ccccc2)cc1. The van der Waals surface area contributed by atoms with Crippen molar-refractivity contribution in [3.8, 4) is 21.8 Å². The van der Waals surface area contributed by atoms with Crippen LogP contribution in [0.5, 0.6) is 0 Å². The minimum absolute atomic E-state index is 0.994. The highest BCUT2D eigenvalue weighted by molar-refractivity contribution is 7.19. The highest BCUT2D eigenvalue weighted by Gasteiger charge is 2.22. The van der Waals surface area contributed by atoms with E-state index >= 15 is 0 Å². The van der Waals surface area contributed by atoms with Crippen LogP contribution in [0.2, 0.25) is 0 Å². The molecule has 0 saturated heterocycles. The van der Waals surface area contributed by atoms with Crippen molar-refractivity contribution in [1.82, 2.24) is 4.98 Å². The third-order valence-corrected chi connectivity index (χ3v) is 6.28. The summed E-state index contributed by atoms with van der Waals surface area (Å²) < 4.78 is 0. The van der Waals surface area contributed by atoms with Crippen LogP contribution in [-0.4, -0.2) is 4.98 Å². The standard InChI is InChI=1S/C28H22N2S/c1-21-17-19-25(20-18-21)30(24-15-9-4-10-16-24)28-26(22-11-5-2-6-12-22)29-27(31-28)23-13-7-3-8-14-23/h2-20H,1H3. The number of aromatic nitrogens is 1. The first kappa shape index (κ1) is 19.3. The number of hydrogen-bond donors (Lipinski definition) is 0. The molecule has 3 heteroatoms. The average molecular weight is 419 g/mol. The molecule has 0 amide bonds. The first-order valence-corrected chi connectivity index (χ1v) is 11.1. The smallest absolute Gasteiger partial charge is 0.129 e. The van der Waals surface area contributed by atoms with Crippen molar-refractivity contribution in [1.29, 1.82) is 0 Å². The van der Waals surface area contributed by atoms with Crippen LogP contribution in [-0.2, 0) is 0 Å². The lowest BCUT2D eigenvalue weighted by Crippen LogP contribution is -2.09. The Morgan fingerprint density at radius 1 is 0.581 bits per heavy atom. The van der Waals surface area contributed by atoms with Crippen LogP contribution in [0.3, 0.4) is 0 Å². The van der Waals surface area contributed by atoms with E-state index in [2.05, 4.69) is 115 Å². The maximum absolute atomic E-state index is 5.12. The molecule has 0 aliphatic rings. The van der Waals surface area contributed by atoms with E-state index in [-0.39, 0.29) is 0 Å². The van der Waals surface area contributed by atoms with Gasteiger partial charge in [0.2, 0.25) is 0 Å². The Balaban J connectivity index is 1.75. The summed E-state index contributed by atoms with van der Waals surface area (Å²) in [6.45, 7) is 2.12. The fourth-order valence-corrected chi connectivity index (χ4v) is 4.74. The second-order valence-corrected chi connectivity index (χ2v) is 8.39. The molecule has 0 atom stereocenters. The summed E-state index contributed by atoms with van der Waals surface area (Å²) in [7, 11) is 0. The summed E-state index contributed by atoms with van der Waals surface area (Å²) in [5.41, 5.74) is 6.73. The van der Waals surface area contributed by atoms with Gasteiger partial charge in [0.25, 0.3) is 0 Å². The molecule has 150 valence electrons. The van der Waals surface area contributed by atoms with Crippen molar-refractivity contribution in [2.75, 3.05) is 4.90 Å². The number of para-hydroxylation sites is 1. The molecule has 31 heavy (non-hydrogen) atoms. The van der Waals surface area contributed by atoms with Crippen LogP contribution < -0.4 is 4.90 Å². The van der Waals surface area contributed by atoms with E-state index < -0.39 is 0 Å². The minimum Gasteiger partial charge on any atom is -0.300 e. The molecule has 0 N–H and O–H groups in total. The Bertz CT molecular complexity index is 1260. The summed E-state index contributed by atoms with van der Waals surface area (Å²) in [5, 5.41) is 2.13. The number of hydrogen-bond acceptors (Lipinski definition) is 3. The molecular weight excluding hydrogens is 396 g/mol. The van der Waals surface area contributed by atoms with Crippen LogP contribution in [0, 0.1) is 6.92 Å². The zero-order valence-corrected chi connectivity index (χ0v) is 18.1. The summed E-state index contributed by atoms with van der Waals surface area (Å²) in [4.78, 5) is 7.43. The zero-order valence-electron chi connectivity index (χ0n) is 17.3. The fourth-order valence-electron chi connectivity index (χ4n) is 3.61. The second-order valence-electron chi connectivity index (χ2n) is 7.41. The predicted octanol–water partition coefficient (Wildman–Crippen LogP) is 8.26. The summed E-state index contributed by atoms with van der Waals surface area (Å²) in [5.74, 6) is 0. The maximum Gasteiger partial charge on any atom is 0.129 e. The predicted molar refractivity (Wildman–Crippen MR) is 132 cm³/mol. The molecule has 0 unspecified atom stereocenters. The Morgan fingerprint density at radius 2 is 1.10 bits per heavy atom. The third-order valence-electron chi connectivity index (χ3n) is 5.19. The number of anilines is 3. The van der Waals surface area contributed by atoms with E-state index in [9.17, 15) is 0 Å². The molecule has 1 heterocycles. The van der Waals surface area contributed by atoms with Gasteiger partial charge >= 0.3 is 0 Å². The van der Waals surface area contributed by atoms with Crippen LogP contribution >= 0.6 is 11.3 Å². The van der Waals surface area contributed by atoms with Gasteiger partial charge in [-0.05, 0) is 31.2 Å². The van der Waals surface area contributed by atoms with Gasteiger partial charge in [0, 0.05) is 22.5 Å². The normalized spacial score (nSPS) is 10.7. The van der Waals surface area contributed by atoms with E-state index in [4.69, 9.17) is 4.98 Å². The summed E-state index contributed by atoms with van der Waals surface area (Å²) in [6, 6.07) is 40.0. The Hall–Kier alpha value is -3.69. The van der Waals surface area contributed by atoms with Crippen LogP contribution in [0.1, 0.15) is 5.56 Å². The molecule has 1 aromatic heterocycles. The van der Waals surface area contributed by atoms with E-state index in [1.807, 2.05) is 12.1 Å². The molecule has 0 saturated carbocycles. The van der Waals surface area contributed by atoms with Crippen molar-refractivity contribution in [2.45, 2.75) is 6.92 Å². The number of nitrogens with zero attached hydrogens (tertiary/aromatic N) is 2. The van der Waals surface area contributed by atoms with Gasteiger partial charge in [-0.2, -0.15) is 0 Å². The highest BCUT2D eigenvalue weighted by Crippen LogP contribution is 2.46. The van der Waals surface area contributed by atoms with Crippen LogP contribution in [0.4, 0.5) is 16.4 Å². The molecule has 0 aliphatic carbocycles. The van der Waals surface area contributed by atoms with Gasteiger partial charge in [-0.3, -0.25) is 0 Å². The molecule has 0 bridgehead atoms. The summed E-state index contributed by atoms with van der Waals surface area (Å²) in [6.07, 6.45) is 0. The fraction of sp³-hybridized carbons (Fsp3) is 0.0357. The Kier molecular flexibility index (Phi) is 5.34. The second kappa shape index (κ2) is 8.58. The average Bonchev–Trinajstić information content (AvgIpc) is 3.27. The van der Waals surface area contributed by atoms with E-state index in [1.54, 1.807) is 11.3 Å². The number of aryl methyl sites for hydroxylation is 1. The van der Waals surface area contributed by atoms with Crippen molar-refractivity contribution in [3.63, 3.8) is 0 Å². The minimum atomic E-state index is 0.994. The molecule has 5 aromatic rings. The Morgan fingerprint density at radius 3 is 1.71 bits per heavy atom. The number of thiazole rings is 1. The maximum atomic E-state index is 5.12. The molecule has 0 aliphatic heterocycles. The van der Waals surface area contributed by atoms with Crippen LogP contribution in [0.25, 0.3) is 21.8 Å². The van der Waals surface area contributed by atoms with Gasteiger partial charge in [-0.15, -0.1) is 0 Å². The lowest BCUT2D eigenvalue weighted by atomic mass is 10.1. The zero-order chi connectivity index (χ0) is 21.0. The van der Waals surface area contributed by atoms with Gasteiger partial charge in [-0.25, -0.2) is 4.98 Å². The molecule has 0 spiro atoms. The highest BCUT2D eigenvalue weighted by atomic mass is 32.1.